The number of hydrogen-bond acceptors (Lipinski definition) is 6. The summed E-state index contributed by atoms with van der Waals surface area (Å²) in [5.41, 5.74) is 1.14. The molecule has 1 saturated heterocycles. The fourth-order valence-electron chi connectivity index (χ4n) is 3.40. The Labute approximate surface area is 172 Å². The minimum Gasteiger partial charge on any atom is -0.497 e. The van der Waals surface area contributed by atoms with E-state index in [4.69, 9.17) is 14.5 Å². The molecule has 1 aromatic carbocycles. The third-order valence-electron chi connectivity index (χ3n) is 5.06. The van der Waals surface area contributed by atoms with Crippen molar-refractivity contribution in [3.63, 3.8) is 0 Å². The van der Waals surface area contributed by atoms with E-state index in [0.29, 0.717) is 6.54 Å². The van der Waals surface area contributed by atoms with Crippen molar-refractivity contribution in [2.24, 2.45) is 12.0 Å². The molecular weight excluding hydrogens is 370 g/mol. The summed E-state index contributed by atoms with van der Waals surface area (Å²) in [5.74, 6) is 3.52. The summed E-state index contributed by atoms with van der Waals surface area (Å²) in [6.07, 6.45) is 1.56. The van der Waals surface area contributed by atoms with E-state index in [-0.39, 0.29) is 0 Å². The minimum absolute atomic E-state index is 0.514. The van der Waals surface area contributed by atoms with Crippen LogP contribution in [0.15, 0.2) is 29.5 Å². The highest BCUT2D eigenvalue weighted by molar-refractivity contribution is 5.80. The van der Waals surface area contributed by atoms with E-state index >= 15 is 0 Å². The van der Waals surface area contributed by atoms with E-state index in [0.717, 1.165) is 68.1 Å². The van der Waals surface area contributed by atoms with Gasteiger partial charge in [-0.05, 0) is 25.1 Å². The van der Waals surface area contributed by atoms with E-state index in [2.05, 4.69) is 38.2 Å². The van der Waals surface area contributed by atoms with Crippen molar-refractivity contribution in [2.45, 2.75) is 20.0 Å². The highest BCUT2D eigenvalue weighted by atomic mass is 16.5. The maximum Gasteiger partial charge on any atom is 0.194 e. The molecule has 9 heteroatoms. The van der Waals surface area contributed by atoms with Crippen LogP contribution in [0.4, 0.5) is 0 Å². The quantitative estimate of drug-likeness (QED) is 0.550. The van der Waals surface area contributed by atoms with E-state index in [1.165, 1.54) is 0 Å². The molecule has 2 aromatic rings. The molecule has 1 N–H and O–H groups in total. The lowest BCUT2D eigenvalue weighted by molar-refractivity contribution is 0.171. The maximum atomic E-state index is 5.52. The highest BCUT2D eigenvalue weighted by Crippen LogP contribution is 2.25. The van der Waals surface area contributed by atoms with Crippen molar-refractivity contribution in [1.29, 1.82) is 0 Å². The number of nitrogens with zero attached hydrogens (tertiary/aromatic N) is 6. The third kappa shape index (κ3) is 5.38. The molecule has 0 bridgehead atoms. The molecule has 2 heterocycles. The van der Waals surface area contributed by atoms with Gasteiger partial charge in [-0.1, -0.05) is 0 Å². The lowest BCUT2D eigenvalue weighted by Crippen LogP contribution is -2.52. The Morgan fingerprint density at radius 3 is 2.59 bits per heavy atom. The molecule has 0 spiro atoms. The Balaban J connectivity index is 1.60. The highest BCUT2D eigenvalue weighted by Gasteiger charge is 2.21. The zero-order valence-electron chi connectivity index (χ0n) is 17.8. The van der Waals surface area contributed by atoms with Gasteiger partial charge in [0, 0.05) is 51.9 Å². The van der Waals surface area contributed by atoms with Gasteiger partial charge in [-0.15, -0.1) is 0 Å². The number of piperazine rings is 1. The Morgan fingerprint density at radius 2 is 1.97 bits per heavy atom. The van der Waals surface area contributed by atoms with Gasteiger partial charge in [-0.25, -0.2) is 9.98 Å². The molecule has 3 rings (SSSR count). The molecule has 1 aliphatic heterocycles. The molecule has 0 amide bonds. The fourth-order valence-corrected chi connectivity index (χ4v) is 3.40. The molecule has 1 aromatic heterocycles. The number of hydrogen-bond donors (Lipinski definition) is 1. The van der Waals surface area contributed by atoms with E-state index in [1.54, 1.807) is 25.2 Å². The molecular formula is C20H31N7O2. The van der Waals surface area contributed by atoms with Crippen LogP contribution in [0, 0.1) is 0 Å². The Hall–Kier alpha value is -2.81. The van der Waals surface area contributed by atoms with Gasteiger partial charge in [-0.2, -0.15) is 5.10 Å². The number of aromatic nitrogens is 3. The molecule has 29 heavy (non-hydrogen) atoms. The van der Waals surface area contributed by atoms with Gasteiger partial charge in [0.15, 0.2) is 5.96 Å². The predicted octanol–water partition coefficient (Wildman–Crippen LogP) is 1.12. The number of rotatable bonds is 7. The second-order valence-electron chi connectivity index (χ2n) is 6.91. The standard InChI is InChI=1S/C20H31N7O2/c1-5-21-20(22-13-19-23-15-24-25(19)2)27-10-8-26(9-11-27)14-16-12-17(28-3)6-7-18(16)29-4/h6-7,12,15H,5,8-11,13-14H2,1-4H3,(H,21,22). The molecule has 0 aliphatic carbocycles. The minimum atomic E-state index is 0.514. The van der Waals surface area contributed by atoms with Crippen molar-refractivity contribution in [2.75, 3.05) is 46.9 Å². The van der Waals surface area contributed by atoms with Gasteiger partial charge in [0.2, 0.25) is 0 Å². The molecule has 0 radical (unpaired) electrons. The van der Waals surface area contributed by atoms with Gasteiger partial charge < -0.3 is 19.7 Å². The van der Waals surface area contributed by atoms with E-state index in [1.807, 2.05) is 19.2 Å². The molecule has 158 valence electrons. The SMILES string of the molecule is CCNC(=NCc1ncnn1C)N1CCN(Cc2cc(OC)ccc2OC)CC1. The number of guanidine groups is 1. The van der Waals surface area contributed by atoms with Gasteiger partial charge in [0.05, 0.1) is 14.2 Å². The smallest absolute Gasteiger partial charge is 0.194 e. The molecule has 1 aliphatic rings. The number of benzene rings is 1. The lowest BCUT2D eigenvalue weighted by Gasteiger charge is -2.36. The molecule has 9 nitrogen and oxygen atoms in total. The van der Waals surface area contributed by atoms with Crippen LogP contribution in [0.3, 0.4) is 0 Å². The van der Waals surface area contributed by atoms with Crippen molar-refractivity contribution < 1.29 is 9.47 Å². The summed E-state index contributed by atoms with van der Waals surface area (Å²) < 4.78 is 12.6. The van der Waals surface area contributed by atoms with Crippen LogP contribution in [-0.2, 0) is 20.1 Å². The van der Waals surface area contributed by atoms with E-state index in [9.17, 15) is 0 Å². The molecule has 0 atom stereocenters. The average Bonchev–Trinajstić information content (AvgIpc) is 3.16. The first-order valence-corrected chi connectivity index (χ1v) is 9.94. The topological polar surface area (TPSA) is 80.0 Å². The normalized spacial score (nSPS) is 15.4. The molecule has 1 fully saturated rings. The first-order chi connectivity index (χ1) is 14.1. The second-order valence-corrected chi connectivity index (χ2v) is 6.91. The van der Waals surface area contributed by atoms with Crippen LogP contribution in [-0.4, -0.2) is 77.5 Å². The van der Waals surface area contributed by atoms with Gasteiger partial charge in [0.1, 0.15) is 30.2 Å². The first-order valence-electron chi connectivity index (χ1n) is 9.94. The van der Waals surface area contributed by atoms with Gasteiger partial charge in [0.25, 0.3) is 0 Å². The predicted molar refractivity (Wildman–Crippen MR) is 112 cm³/mol. The number of nitrogens with one attached hydrogen (secondary N) is 1. The Bertz CT molecular complexity index is 813. The summed E-state index contributed by atoms with van der Waals surface area (Å²) in [4.78, 5) is 13.7. The fraction of sp³-hybridized carbons (Fsp3) is 0.550. The van der Waals surface area contributed by atoms with Crippen LogP contribution in [0.25, 0.3) is 0 Å². The summed E-state index contributed by atoms with van der Waals surface area (Å²) in [5, 5.41) is 7.50. The number of aliphatic imine (C=N–C) groups is 1. The van der Waals surface area contributed by atoms with Crippen LogP contribution in [0.2, 0.25) is 0 Å². The summed E-state index contributed by atoms with van der Waals surface area (Å²) in [6, 6.07) is 5.95. The van der Waals surface area contributed by atoms with Crippen molar-refractivity contribution in [3.05, 3.63) is 35.9 Å². The van der Waals surface area contributed by atoms with Crippen molar-refractivity contribution in [3.8, 4) is 11.5 Å². The third-order valence-corrected chi connectivity index (χ3v) is 5.06. The summed E-state index contributed by atoms with van der Waals surface area (Å²) >= 11 is 0. The first kappa shape index (κ1) is 20.9. The zero-order valence-corrected chi connectivity index (χ0v) is 17.8. The number of aryl methyl sites for hydroxylation is 1. The maximum absolute atomic E-state index is 5.52. The van der Waals surface area contributed by atoms with Gasteiger partial charge >= 0.3 is 0 Å². The zero-order chi connectivity index (χ0) is 20.6. The Morgan fingerprint density at radius 1 is 1.17 bits per heavy atom. The molecule has 0 unspecified atom stereocenters. The van der Waals surface area contributed by atoms with Gasteiger partial charge in [-0.3, -0.25) is 9.58 Å². The summed E-state index contributed by atoms with van der Waals surface area (Å²) in [6.45, 7) is 8.00. The van der Waals surface area contributed by atoms with Crippen molar-refractivity contribution in [1.82, 2.24) is 29.9 Å². The van der Waals surface area contributed by atoms with Crippen LogP contribution >= 0.6 is 0 Å². The number of methoxy groups -OCH3 is 2. The van der Waals surface area contributed by atoms with E-state index < -0.39 is 0 Å². The monoisotopic (exact) mass is 401 g/mol. The molecule has 0 saturated carbocycles. The largest absolute Gasteiger partial charge is 0.497 e. The van der Waals surface area contributed by atoms with Crippen LogP contribution in [0.1, 0.15) is 18.3 Å². The summed E-state index contributed by atoms with van der Waals surface area (Å²) in [7, 11) is 5.28. The van der Waals surface area contributed by atoms with Crippen LogP contribution in [0.5, 0.6) is 11.5 Å². The van der Waals surface area contributed by atoms with Crippen LogP contribution < -0.4 is 14.8 Å². The van der Waals surface area contributed by atoms with Crippen molar-refractivity contribution >= 4 is 5.96 Å². The average molecular weight is 402 g/mol. The number of ether oxygens (including phenoxy) is 2. The Kier molecular flexibility index (Phi) is 7.29. The lowest BCUT2D eigenvalue weighted by atomic mass is 10.1. The second kappa shape index (κ2) is 10.1.